The lowest BCUT2D eigenvalue weighted by Gasteiger charge is -2.35. The van der Waals surface area contributed by atoms with Crippen molar-refractivity contribution in [1.29, 1.82) is 0 Å². The van der Waals surface area contributed by atoms with Crippen molar-refractivity contribution in [3.8, 4) is 0 Å². The molecule has 0 unspecified atom stereocenters. The van der Waals surface area contributed by atoms with Crippen molar-refractivity contribution >= 4 is 10.4 Å². The van der Waals surface area contributed by atoms with Crippen LogP contribution in [0.2, 0.25) is 0 Å². The molecular formula is C34H60N2O4S. The van der Waals surface area contributed by atoms with Gasteiger partial charge in [0.2, 0.25) is 0 Å². The van der Waals surface area contributed by atoms with Gasteiger partial charge >= 0.3 is 0 Å². The van der Waals surface area contributed by atoms with Crippen LogP contribution in [0.25, 0.3) is 0 Å². The maximum atomic E-state index is 8.52. The van der Waals surface area contributed by atoms with Gasteiger partial charge in [-0.15, -0.1) is 0 Å². The number of rotatable bonds is 18. The number of likely N-dealkylation sites (N-methyl/N-ethyl adjacent to an activating group) is 2. The Kier molecular flexibility index (Phi) is 21.8. The number of hydrogen-bond acceptors (Lipinski definition) is 4. The fourth-order valence-electron chi connectivity index (χ4n) is 4.92. The van der Waals surface area contributed by atoms with Crippen LogP contribution >= 0.6 is 0 Å². The second-order valence-electron chi connectivity index (χ2n) is 11.9. The molecule has 0 amide bonds. The monoisotopic (exact) mass is 592 g/mol. The van der Waals surface area contributed by atoms with E-state index in [2.05, 4.69) is 102 Å². The number of unbranched alkanes of at least 4 members (excludes halogenated alkanes) is 4. The van der Waals surface area contributed by atoms with Crippen molar-refractivity contribution in [1.82, 2.24) is 0 Å². The van der Waals surface area contributed by atoms with Crippen molar-refractivity contribution in [2.24, 2.45) is 0 Å². The van der Waals surface area contributed by atoms with Gasteiger partial charge in [-0.25, -0.2) is 0 Å². The Bertz CT molecular complexity index is 879. The molecule has 0 N–H and O–H groups in total. The van der Waals surface area contributed by atoms with Gasteiger partial charge in [0.15, 0.2) is 0 Å². The van der Waals surface area contributed by atoms with Crippen LogP contribution in [-0.4, -0.2) is 79.9 Å². The van der Waals surface area contributed by atoms with Crippen LogP contribution in [0.3, 0.4) is 0 Å². The zero-order valence-electron chi connectivity index (χ0n) is 27.0. The first kappa shape index (κ1) is 39.2. The number of benzene rings is 2. The van der Waals surface area contributed by atoms with E-state index in [0.717, 1.165) is 0 Å². The van der Waals surface area contributed by atoms with Crippen LogP contribution in [0, 0.1) is 0 Å². The lowest BCUT2D eigenvalue weighted by atomic mass is 10.1. The first-order valence-electron chi connectivity index (χ1n) is 15.8. The summed E-state index contributed by atoms with van der Waals surface area (Å²) in [5.74, 6) is 0. The minimum absolute atomic E-state index is 1.21. The molecule has 0 spiro atoms. The smallest absolute Gasteiger partial charge is 0.0825 e. The lowest BCUT2D eigenvalue weighted by molar-refractivity contribution is -0.909. The largest absolute Gasteiger partial charge is 0.759 e. The molecule has 0 aromatic heterocycles. The molecule has 41 heavy (non-hydrogen) atoms. The molecule has 7 heteroatoms. The van der Waals surface area contributed by atoms with E-state index in [4.69, 9.17) is 17.5 Å². The van der Waals surface area contributed by atoms with Gasteiger partial charge in [0, 0.05) is 23.2 Å². The highest BCUT2D eigenvalue weighted by Gasteiger charge is 2.20. The highest BCUT2D eigenvalue weighted by Crippen LogP contribution is 2.13. The first-order valence-corrected chi connectivity index (χ1v) is 17.1. The highest BCUT2D eigenvalue weighted by atomic mass is 32.3. The van der Waals surface area contributed by atoms with Crippen LogP contribution in [-0.2, 0) is 23.2 Å². The van der Waals surface area contributed by atoms with E-state index in [1.807, 2.05) is 0 Å². The minimum Gasteiger partial charge on any atom is -0.759 e. The van der Waals surface area contributed by atoms with Gasteiger partial charge in [0.25, 0.3) is 0 Å². The van der Waals surface area contributed by atoms with E-state index in [0.29, 0.717) is 0 Å². The fourth-order valence-corrected chi connectivity index (χ4v) is 4.92. The van der Waals surface area contributed by atoms with Gasteiger partial charge in [-0.1, -0.05) is 114 Å². The van der Waals surface area contributed by atoms with Crippen molar-refractivity contribution in [3.05, 3.63) is 71.8 Å². The third-order valence-corrected chi connectivity index (χ3v) is 7.77. The third kappa shape index (κ3) is 23.5. The molecule has 0 saturated heterocycles. The Hall–Kier alpha value is -1.77. The van der Waals surface area contributed by atoms with E-state index in [-0.39, 0.29) is 0 Å². The van der Waals surface area contributed by atoms with Crippen LogP contribution in [0.5, 0.6) is 0 Å². The number of hydrogen-bond donors (Lipinski definition) is 0. The van der Waals surface area contributed by atoms with Gasteiger partial charge < -0.3 is 18.1 Å². The Labute approximate surface area is 253 Å². The predicted molar refractivity (Wildman–Crippen MR) is 172 cm³/mol. The molecule has 0 fully saturated rings. The summed E-state index contributed by atoms with van der Waals surface area (Å²) < 4.78 is 36.6. The van der Waals surface area contributed by atoms with E-state index in [1.54, 1.807) is 0 Å². The molecule has 2 rings (SSSR count). The summed E-state index contributed by atoms with van der Waals surface area (Å²) in [5.41, 5.74) is 2.96. The van der Waals surface area contributed by atoms with E-state index in [9.17, 15) is 0 Å². The topological polar surface area (TPSA) is 80.3 Å². The van der Waals surface area contributed by atoms with Crippen molar-refractivity contribution in [2.45, 2.75) is 91.9 Å². The molecule has 0 heterocycles. The minimum atomic E-state index is -5.17. The molecule has 0 aliphatic rings. The molecule has 0 saturated carbocycles. The Balaban J connectivity index is 0.000000671. The molecule has 0 radical (unpaired) electrons. The summed E-state index contributed by atoms with van der Waals surface area (Å²) in [6, 6.07) is 21.8. The summed E-state index contributed by atoms with van der Waals surface area (Å²) in [5, 5.41) is 0. The molecule has 0 atom stereocenters. The normalized spacial score (nSPS) is 11.7. The van der Waals surface area contributed by atoms with Gasteiger partial charge in [-0.3, -0.25) is 8.42 Å². The summed E-state index contributed by atoms with van der Waals surface area (Å²) in [6.07, 6.45) is 13.1. The molecule has 0 aliphatic heterocycles. The number of quaternary nitrogens is 2. The van der Waals surface area contributed by atoms with Crippen molar-refractivity contribution in [3.63, 3.8) is 0 Å². The van der Waals surface area contributed by atoms with Crippen LogP contribution in [0.1, 0.15) is 90.2 Å². The van der Waals surface area contributed by atoms with Crippen LogP contribution < -0.4 is 0 Å². The second kappa shape index (κ2) is 22.8. The maximum absolute atomic E-state index is 8.52. The Morgan fingerprint density at radius 2 is 0.756 bits per heavy atom. The van der Waals surface area contributed by atoms with Gasteiger partial charge in [0.05, 0.1) is 53.4 Å². The first-order chi connectivity index (χ1) is 19.4. The van der Waals surface area contributed by atoms with E-state index in [1.165, 1.54) is 124 Å². The summed E-state index contributed by atoms with van der Waals surface area (Å²) in [7, 11) is -0.289. The van der Waals surface area contributed by atoms with Gasteiger partial charge in [0.1, 0.15) is 0 Å². The van der Waals surface area contributed by atoms with Gasteiger partial charge in [-0.05, 0) is 36.8 Å². The zero-order chi connectivity index (χ0) is 31.0. The van der Waals surface area contributed by atoms with Crippen LogP contribution in [0.4, 0.5) is 0 Å². The summed E-state index contributed by atoms with van der Waals surface area (Å²) in [6.45, 7) is 17.1. The number of nitrogens with zero attached hydrogens (tertiary/aromatic N) is 2. The molecular weight excluding hydrogens is 532 g/mol. The zero-order valence-corrected chi connectivity index (χ0v) is 27.8. The molecule has 236 valence electrons. The molecule has 6 nitrogen and oxygen atoms in total. The van der Waals surface area contributed by atoms with Gasteiger partial charge in [-0.2, -0.15) is 0 Å². The summed E-state index contributed by atoms with van der Waals surface area (Å²) in [4.78, 5) is 0. The summed E-state index contributed by atoms with van der Waals surface area (Å²) >= 11 is 0. The van der Waals surface area contributed by atoms with E-state index >= 15 is 0 Å². The average molecular weight is 593 g/mol. The fraction of sp³-hybridized carbons (Fsp3) is 0.647. The quantitative estimate of drug-likeness (QED) is 0.104. The average Bonchev–Trinajstić information content (AvgIpc) is 2.96. The Morgan fingerprint density at radius 3 is 0.976 bits per heavy atom. The molecule has 2 aromatic rings. The standard InChI is InChI=1S/2C17H30N.H2O4S/c2*1-4-6-14-18(3,15-7-5-2)16-13-17-11-9-8-10-12-17;1-5(2,3)4/h2*8-12H,4-7,13-16H2,1-3H3;(H2,1,2,3,4)/q2*+1;/p-2. The third-order valence-electron chi connectivity index (χ3n) is 7.77. The lowest BCUT2D eigenvalue weighted by Crippen LogP contribution is -2.47. The SMILES string of the molecule is CCCC[N+](C)(CCCC)CCc1ccccc1.CCCC[N+](C)(CCCC)CCc1ccccc1.O=S(=O)([O-])[O-]. The highest BCUT2D eigenvalue weighted by molar-refractivity contribution is 7.79. The molecule has 0 bridgehead atoms. The van der Waals surface area contributed by atoms with Crippen molar-refractivity contribution < 1.29 is 26.5 Å². The van der Waals surface area contributed by atoms with E-state index < -0.39 is 10.4 Å². The van der Waals surface area contributed by atoms with Crippen molar-refractivity contribution in [2.75, 3.05) is 53.4 Å². The maximum Gasteiger partial charge on any atom is 0.0825 e. The molecule has 2 aromatic carbocycles. The Morgan fingerprint density at radius 1 is 0.512 bits per heavy atom. The van der Waals surface area contributed by atoms with Crippen LogP contribution in [0.15, 0.2) is 60.7 Å². The molecule has 0 aliphatic carbocycles. The second-order valence-corrected chi connectivity index (χ2v) is 12.7. The predicted octanol–water partition coefficient (Wildman–Crippen LogP) is 7.21.